The highest BCUT2D eigenvalue weighted by molar-refractivity contribution is 5.87. The number of hydrogen-bond acceptors (Lipinski definition) is 7. The highest BCUT2D eigenvalue weighted by Crippen LogP contribution is 2.27. The summed E-state index contributed by atoms with van der Waals surface area (Å²) in [6, 6.07) is 24.6. The number of para-hydroxylation sites is 1. The molecule has 4 rings (SSSR count). The SMILES string of the molecule is N#CC1CN(CCCCOc2ccccc2CCC(CCCCC(N)=O)Cc2ccc(C(=O)O)cc2)CCN1c1ccc(O)cc1. The molecule has 3 aromatic rings. The molecule has 1 fully saturated rings. The van der Waals surface area contributed by atoms with Gasteiger partial charge in [0, 0.05) is 31.7 Å². The number of hydrogen-bond donors (Lipinski definition) is 3. The van der Waals surface area contributed by atoms with Gasteiger partial charge >= 0.3 is 5.97 Å². The van der Waals surface area contributed by atoms with Crippen LogP contribution in [0, 0.1) is 17.2 Å². The number of anilines is 1. The lowest BCUT2D eigenvalue weighted by molar-refractivity contribution is -0.118. The first-order valence-corrected chi connectivity index (χ1v) is 16.3. The number of nitrogens with zero attached hydrogens (tertiary/aromatic N) is 3. The Morgan fingerprint density at radius 1 is 0.957 bits per heavy atom. The Balaban J connectivity index is 1.23. The van der Waals surface area contributed by atoms with Gasteiger partial charge in [0.2, 0.25) is 5.91 Å². The van der Waals surface area contributed by atoms with Crippen molar-refractivity contribution < 1.29 is 24.5 Å². The van der Waals surface area contributed by atoms with Gasteiger partial charge in [0.25, 0.3) is 0 Å². The maximum atomic E-state index is 11.3. The van der Waals surface area contributed by atoms with Gasteiger partial charge in [-0.25, -0.2) is 4.79 Å². The molecule has 2 unspecified atom stereocenters. The van der Waals surface area contributed by atoms with Crippen LogP contribution < -0.4 is 15.4 Å². The summed E-state index contributed by atoms with van der Waals surface area (Å²) in [6.45, 7) is 3.88. The van der Waals surface area contributed by atoms with Crippen LogP contribution in [0.1, 0.15) is 66.4 Å². The van der Waals surface area contributed by atoms with Crippen LogP contribution in [0.15, 0.2) is 72.8 Å². The molecule has 0 aliphatic carbocycles. The molecule has 0 spiro atoms. The second-order valence-electron chi connectivity index (χ2n) is 12.1. The molecule has 46 heavy (non-hydrogen) atoms. The van der Waals surface area contributed by atoms with Gasteiger partial charge in [0.1, 0.15) is 17.5 Å². The summed E-state index contributed by atoms with van der Waals surface area (Å²) in [6.07, 6.45) is 7.60. The summed E-state index contributed by atoms with van der Waals surface area (Å²) < 4.78 is 6.26. The lowest BCUT2D eigenvalue weighted by atomic mass is 9.88. The van der Waals surface area contributed by atoms with Crippen molar-refractivity contribution in [3.05, 3.63) is 89.5 Å². The van der Waals surface area contributed by atoms with E-state index >= 15 is 0 Å². The number of primary amides is 1. The molecular weight excluding hydrogens is 580 g/mol. The van der Waals surface area contributed by atoms with Crippen molar-refractivity contribution in [3.63, 3.8) is 0 Å². The smallest absolute Gasteiger partial charge is 0.335 e. The van der Waals surface area contributed by atoms with Crippen molar-refractivity contribution in [1.82, 2.24) is 4.90 Å². The molecular formula is C37H46N4O5. The van der Waals surface area contributed by atoms with E-state index in [1.54, 1.807) is 24.3 Å². The molecule has 2 atom stereocenters. The standard InChI is InChI=1S/C37H46N4O5/c38-26-33-27-40(22-23-41(33)32-17-19-34(42)20-18-32)21-5-6-24-46-35-9-3-2-8-30(35)14-11-28(7-1-4-10-36(39)43)25-29-12-15-31(16-13-29)37(44)45/h2-3,8-9,12-13,15-20,28,33,42H,1,4-7,10-11,14,21-25,27H2,(H2,39,43)(H,44,45). The second kappa shape index (κ2) is 17.8. The Bertz CT molecular complexity index is 1440. The molecule has 1 amide bonds. The minimum atomic E-state index is -0.927. The quantitative estimate of drug-likeness (QED) is 0.151. The van der Waals surface area contributed by atoms with Gasteiger partial charge in [0.15, 0.2) is 0 Å². The number of benzene rings is 3. The maximum Gasteiger partial charge on any atom is 0.335 e. The molecule has 3 aromatic carbocycles. The summed E-state index contributed by atoms with van der Waals surface area (Å²) >= 11 is 0. The fourth-order valence-electron chi connectivity index (χ4n) is 6.13. The van der Waals surface area contributed by atoms with Crippen LogP contribution in [0.5, 0.6) is 11.5 Å². The monoisotopic (exact) mass is 626 g/mol. The number of aromatic hydroxyl groups is 1. The fourth-order valence-corrected chi connectivity index (χ4v) is 6.13. The van der Waals surface area contributed by atoms with Crippen molar-refractivity contribution in [2.75, 3.05) is 37.7 Å². The lowest BCUT2D eigenvalue weighted by Gasteiger charge is -2.39. The van der Waals surface area contributed by atoms with Crippen molar-refractivity contribution in [1.29, 1.82) is 5.26 Å². The first-order chi connectivity index (χ1) is 22.3. The number of carboxylic acids is 1. The fraction of sp³-hybridized carbons (Fsp3) is 0.432. The van der Waals surface area contributed by atoms with Crippen LogP contribution >= 0.6 is 0 Å². The second-order valence-corrected chi connectivity index (χ2v) is 12.1. The summed E-state index contributed by atoms with van der Waals surface area (Å²) in [5.74, 6) is 0.312. The van der Waals surface area contributed by atoms with Crippen molar-refractivity contribution in [2.24, 2.45) is 11.7 Å². The first kappa shape index (κ1) is 34.3. The van der Waals surface area contributed by atoms with Gasteiger partial charge < -0.3 is 25.6 Å². The van der Waals surface area contributed by atoms with Gasteiger partial charge in [-0.2, -0.15) is 5.26 Å². The molecule has 0 saturated carbocycles. The number of piperazine rings is 1. The van der Waals surface area contributed by atoms with Crippen LogP contribution in [0.3, 0.4) is 0 Å². The van der Waals surface area contributed by atoms with E-state index in [1.165, 1.54) is 5.56 Å². The number of amides is 1. The third kappa shape index (κ3) is 10.8. The number of carbonyl (C=O) groups is 2. The van der Waals surface area contributed by atoms with E-state index in [0.29, 0.717) is 25.5 Å². The highest BCUT2D eigenvalue weighted by Gasteiger charge is 2.26. The minimum Gasteiger partial charge on any atom is -0.508 e. The van der Waals surface area contributed by atoms with E-state index in [1.807, 2.05) is 42.5 Å². The van der Waals surface area contributed by atoms with Crippen LogP contribution in [0.25, 0.3) is 0 Å². The van der Waals surface area contributed by atoms with Crippen molar-refractivity contribution in [3.8, 4) is 17.6 Å². The highest BCUT2D eigenvalue weighted by atomic mass is 16.5. The van der Waals surface area contributed by atoms with Gasteiger partial charge in [-0.15, -0.1) is 0 Å². The Morgan fingerprint density at radius 2 is 1.72 bits per heavy atom. The number of phenols is 1. The van der Waals surface area contributed by atoms with Gasteiger partial charge in [0.05, 0.1) is 18.2 Å². The number of nitriles is 1. The number of carbonyl (C=O) groups excluding carboxylic acids is 1. The zero-order valence-corrected chi connectivity index (χ0v) is 26.5. The third-order valence-electron chi connectivity index (χ3n) is 8.73. The predicted molar refractivity (Wildman–Crippen MR) is 179 cm³/mol. The summed E-state index contributed by atoms with van der Waals surface area (Å²) in [7, 11) is 0. The number of aryl methyl sites for hydroxylation is 1. The Morgan fingerprint density at radius 3 is 2.43 bits per heavy atom. The van der Waals surface area contributed by atoms with Gasteiger partial charge in [-0.1, -0.05) is 43.2 Å². The van der Waals surface area contributed by atoms with E-state index in [2.05, 4.69) is 21.9 Å². The van der Waals surface area contributed by atoms with E-state index in [0.717, 1.165) is 88.0 Å². The largest absolute Gasteiger partial charge is 0.508 e. The van der Waals surface area contributed by atoms with E-state index in [4.69, 9.17) is 10.5 Å². The Hall–Kier alpha value is -4.55. The van der Waals surface area contributed by atoms with Crippen molar-refractivity contribution >= 4 is 17.6 Å². The number of phenolic OH excluding ortho intramolecular Hbond substituents is 1. The summed E-state index contributed by atoms with van der Waals surface area (Å²) in [5.41, 5.74) is 8.86. The Labute approximate surface area is 272 Å². The molecule has 1 aliphatic rings. The average molecular weight is 627 g/mol. The molecule has 1 aliphatic heterocycles. The van der Waals surface area contributed by atoms with E-state index < -0.39 is 5.97 Å². The molecule has 0 bridgehead atoms. The number of ether oxygens (including phenoxy) is 1. The lowest BCUT2D eigenvalue weighted by Crippen LogP contribution is -2.52. The molecule has 1 heterocycles. The normalized spacial score (nSPS) is 15.6. The number of unbranched alkanes of at least 4 members (excludes halogenated alkanes) is 2. The molecule has 0 aromatic heterocycles. The zero-order valence-electron chi connectivity index (χ0n) is 26.5. The number of rotatable bonds is 18. The van der Waals surface area contributed by atoms with E-state index in [-0.39, 0.29) is 23.3 Å². The van der Waals surface area contributed by atoms with Crippen LogP contribution in [-0.4, -0.2) is 65.8 Å². The molecule has 244 valence electrons. The third-order valence-corrected chi connectivity index (χ3v) is 8.73. The first-order valence-electron chi connectivity index (χ1n) is 16.3. The zero-order chi connectivity index (χ0) is 32.7. The predicted octanol–water partition coefficient (Wildman–Crippen LogP) is 5.80. The number of nitrogens with two attached hydrogens (primary N) is 1. The van der Waals surface area contributed by atoms with Gasteiger partial charge in [-0.05, 0) is 105 Å². The Kier molecular flexibility index (Phi) is 13.3. The molecule has 0 radical (unpaired) electrons. The summed E-state index contributed by atoms with van der Waals surface area (Å²) in [5, 5.41) is 28.6. The maximum absolute atomic E-state index is 11.3. The molecule has 9 heteroatoms. The topological polar surface area (TPSA) is 140 Å². The molecule has 9 nitrogen and oxygen atoms in total. The van der Waals surface area contributed by atoms with Gasteiger partial charge in [-0.3, -0.25) is 9.69 Å². The average Bonchev–Trinajstić information content (AvgIpc) is 3.06. The summed E-state index contributed by atoms with van der Waals surface area (Å²) in [4.78, 5) is 26.9. The molecule has 1 saturated heterocycles. The van der Waals surface area contributed by atoms with Crippen molar-refractivity contribution in [2.45, 2.75) is 63.8 Å². The minimum absolute atomic E-state index is 0.223. The van der Waals surface area contributed by atoms with Crippen LogP contribution in [0.2, 0.25) is 0 Å². The number of carboxylic acid groups (broad SMARTS) is 1. The van der Waals surface area contributed by atoms with Crippen LogP contribution in [-0.2, 0) is 17.6 Å². The molecule has 4 N–H and O–H groups in total. The van der Waals surface area contributed by atoms with Crippen LogP contribution in [0.4, 0.5) is 5.69 Å². The van der Waals surface area contributed by atoms with E-state index in [9.17, 15) is 25.1 Å². The number of aromatic carboxylic acids is 1.